The van der Waals surface area contributed by atoms with Gasteiger partial charge in [0.1, 0.15) is 5.82 Å². The molecule has 0 aliphatic heterocycles. The minimum Gasteiger partial charge on any atom is -0.330 e. The predicted molar refractivity (Wildman–Crippen MR) is 64.6 cm³/mol. The Kier molecular flexibility index (Phi) is 3.29. The zero-order chi connectivity index (χ0) is 11.6. The van der Waals surface area contributed by atoms with Gasteiger partial charge in [-0.15, -0.1) is 0 Å². The van der Waals surface area contributed by atoms with Crippen LogP contribution in [0.2, 0.25) is 0 Å². The molecule has 0 radical (unpaired) electrons. The molecule has 88 valence electrons. The van der Waals surface area contributed by atoms with Gasteiger partial charge in [-0.25, -0.2) is 4.39 Å². The highest BCUT2D eigenvalue weighted by molar-refractivity contribution is 5.19. The summed E-state index contributed by atoms with van der Waals surface area (Å²) >= 11 is 0. The fraction of sp³-hybridized carbons (Fsp3) is 0.571. The van der Waals surface area contributed by atoms with Crippen LogP contribution in [0, 0.1) is 17.2 Å². The van der Waals surface area contributed by atoms with E-state index in [1.54, 1.807) is 6.07 Å². The number of hydrogen-bond acceptors (Lipinski definition) is 1. The van der Waals surface area contributed by atoms with Gasteiger partial charge in [0, 0.05) is 0 Å². The number of benzene rings is 1. The van der Waals surface area contributed by atoms with Crippen molar-refractivity contribution < 1.29 is 4.39 Å². The topological polar surface area (TPSA) is 26.0 Å². The Morgan fingerprint density at radius 1 is 1.44 bits per heavy atom. The molecule has 1 saturated carbocycles. The van der Waals surface area contributed by atoms with Crippen LogP contribution in [0.25, 0.3) is 0 Å². The van der Waals surface area contributed by atoms with Crippen molar-refractivity contribution in [3.8, 4) is 0 Å². The van der Waals surface area contributed by atoms with Crippen LogP contribution in [0.3, 0.4) is 0 Å². The maximum absolute atomic E-state index is 13.6. The normalized spacial score (nSPS) is 29.6. The van der Waals surface area contributed by atoms with Crippen LogP contribution in [0.5, 0.6) is 0 Å². The summed E-state index contributed by atoms with van der Waals surface area (Å²) in [6.45, 7) is 2.93. The van der Waals surface area contributed by atoms with Gasteiger partial charge in [0.05, 0.1) is 0 Å². The zero-order valence-corrected chi connectivity index (χ0v) is 9.88. The van der Waals surface area contributed by atoms with Gasteiger partial charge in [0.25, 0.3) is 0 Å². The SMILES string of the molecule is CC1CCC(CN)(Cc2ccccc2F)C1. The monoisotopic (exact) mass is 221 g/mol. The molecule has 2 atom stereocenters. The highest BCUT2D eigenvalue weighted by Crippen LogP contribution is 2.43. The maximum atomic E-state index is 13.6. The van der Waals surface area contributed by atoms with Crippen molar-refractivity contribution in [2.75, 3.05) is 6.54 Å². The van der Waals surface area contributed by atoms with Crippen molar-refractivity contribution >= 4 is 0 Å². The Morgan fingerprint density at radius 3 is 2.75 bits per heavy atom. The second-order valence-corrected chi connectivity index (χ2v) is 5.32. The third kappa shape index (κ3) is 2.27. The van der Waals surface area contributed by atoms with E-state index in [2.05, 4.69) is 6.92 Å². The van der Waals surface area contributed by atoms with Gasteiger partial charge >= 0.3 is 0 Å². The number of hydrogen-bond donors (Lipinski definition) is 1. The Bertz CT molecular complexity index is 364. The molecule has 16 heavy (non-hydrogen) atoms. The van der Waals surface area contributed by atoms with E-state index >= 15 is 0 Å². The summed E-state index contributed by atoms with van der Waals surface area (Å²) in [4.78, 5) is 0. The Balaban J connectivity index is 2.16. The lowest BCUT2D eigenvalue weighted by Crippen LogP contribution is -2.30. The van der Waals surface area contributed by atoms with Crippen molar-refractivity contribution in [1.82, 2.24) is 0 Å². The minimum atomic E-state index is -0.0881. The van der Waals surface area contributed by atoms with Gasteiger partial charge in [-0.1, -0.05) is 31.5 Å². The van der Waals surface area contributed by atoms with E-state index in [1.807, 2.05) is 12.1 Å². The smallest absolute Gasteiger partial charge is 0.126 e. The Labute approximate surface area is 96.9 Å². The first-order chi connectivity index (χ1) is 7.65. The molecule has 2 rings (SSSR count). The van der Waals surface area contributed by atoms with E-state index in [-0.39, 0.29) is 11.2 Å². The highest BCUT2D eigenvalue weighted by atomic mass is 19.1. The molecule has 1 nitrogen and oxygen atoms in total. The maximum Gasteiger partial charge on any atom is 0.126 e. The van der Waals surface area contributed by atoms with E-state index in [4.69, 9.17) is 5.73 Å². The van der Waals surface area contributed by atoms with Crippen LogP contribution in [0.15, 0.2) is 24.3 Å². The molecular weight excluding hydrogens is 201 g/mol. The summed E-state index contributed by atoms with van der Waals surface area (Å²) in [5, 5.41) is 0. The summed E-state index contributed by atoms with van der Waals surface area (Å²) in [6, 6.07) is 7.07. The summed E-state index contributed by atoms with van der Waals surface area (Å²) in [7, 11) is 0. The van der Waals surface area contributed by atoms with Gasteiger partial charge in [0.2, 0.25) is 0 Å². The molecule has 1 aliphatic rings. The highest BCUT2D eigenvalue weighted by Gasteiger charge is 2.36. The quantitative estimate of drug-likeness (QED) is 0.833. The molecule has 0 bridgehead atoms. The molecule has 0 heterocycles. The molecule has 0 amide bonds. The van der Waals surface area contributed by atoms with Crippen molar-refractivity contribution in [3.63, 3.8) is 0 Å². The fourth-order valence-electron chi connectivity index (χ4n) is 2.96. The lowest BCUT2D eigenvalue weighted by atomic mass is 9.79. The Hall–Kier alpha value is -0.890. The largest absolute Gasteiger partial charge is 0.330 e. The molecule has 0 saturated heterocycles. The fourth-order valence-corrected chi connectivity index (χ4v) is 2.96. The van der Waals surface area contributed by atoms with Gasteiger partial charge < -0.3 is 5.73 Å². The first-order valence-electron chi connectivity index (χ1n) is 6.09. The zero-order valence-electron chi connectivity index (χ0n) is 9.88. The first-order valence-corrected chi connectivity index (χ1v) is 6.09. The number of rotatable bonds is 3. The van der Waals surface area contributed by atoms with Crippen molar-refractivity contribution in [3.05, 3.63) is 35.6 Å². The molecule has 2 unspecified atom stereocenters. The van der Waals surface area contributed by atoms with Gasteiger partial charge in [-0.05, 0) is 48.8 Å². The molecule has 1 aliphatic carbocycles. The van der Waals surface area contributed by atoms with Crippen LogP contribution in [-0.4, -0.2) is 6.54 Å². The molecular formula is C14H20FN. The summed E-state index contributed by atoms with van der Waals surface area (Å²) in [6.07, 6.45) is 4.29. The average Bonchev–Trinajstić information content (AvgIpc) is 2.65. The molecule has 2 heteroatoms. The molecule has 1 aromatic carbocycles. The minimum absolute atomic E-state index is 0.0881. The van der Waals surface area contributed by atoms with E-state index in [9.17, 15) is 4.39 Å². The van der Waals surface area contributed by atoms with Crippen LogP contribution in [-0.2, 0) is 6.42 Å². The molecule has 0 spiro atoms. The lowest BCUT2D eigenvalue weighted by molar-refractivity contribution is 0.292. The van der Waals surface area contributed by atoms with Crippen LogP contribution < -0.4 is 5.73 Å². The number of halogens is 1. The van der Waals surface area contributed by atoms with E-state index in [1.165, 1.54) is 12.5 Å². The van der Waals surface area contributed by atoms with E-state index in [0.29, 0.717) is 6.54 Å². The lowest BCUT2D eigenvalue weighted by Gasteiger charge is -2.27. The molecule has 0 aromatic heterocycles. The Morgan fingerprint density at radius 2 is 2.19 bits per heavy atom. The molecule has 2 N–H and O–H groups in total. The third-order valence-electron chi connectivity index (χ3n) is 3.91. The molecule has 1 fully saturated rings. The molecule has 1 aromatic rings. The standard InChI is InChI=1S/C14H20FN/c1-11-6-7-14(8-11,10-16)9-12-4-2-3-5-13(12)15/h2-5,11H,6-10,16H2,1H3. The second kappa shape index (κ2) is 4.54. The third-order valence-corrected chi connectivity index (χ3v) is 3.91. The summed E-state index contributed by atoms with van der Waals surface area (Å²) in [5.41, 5.74) is 6.87. The van der Waals surface area contributed by atoms with Crippen LogP contribution in [0.1, 0.15) is 31.7 Å². The second-order valence-electron chi connectivity index (χ2n) is 5.32. The van der Waals surface area contributed by atoms with Gasteiger partial charge in [-0.3, -0.25) is 0 Å². The van der Waals surface area contributed by atoms with E-state index < -0.39 is 0 Å². The summed E-state index contributed by atoms with van der Waals surface area (Å²) in [5.74, 6) is 0.644. The van der Waals surface area contributed by atoms with Crippen LogP contribution >= 0.6 is 0 Å². The number of nitrogens with two attached hydrogens (primary N) is 1. The van der Waals surface area contributed by atoms with Crippen molar-refractivity contribution in [2.45, 2.75) is 32.6 Å². The predicted octanol–water partition coefficient (Wildman–Crippen LogP) is 3.13. The van der Waals surface area contributed by atoms with E-state index in [0.717, 1.165) is 30.7 Å². The summed E-state index contributed by atoms with van der Waals surface area (Å²) < 4.78 is 13.6. The van der Waals surface area contributed by atoms with Gasteiger partial charge in [0.15, 0.2) is 0 Å². The van der Waals surface area contributed by atoms with Gasteiger partial charge in [-0.2, -0.15) is 0 Å². The van der Waals surface area contributed by atoms with Crippen molar-refractivity contribution in [2.24, 2.45) is 17.1 Å². The van der Waals surface area contributed by atoms with Crippen molar-refractivity contribution in [1.29, 1.82) is 0 Å². The van der Waals surface area contributed by atoms with Crippen LogP contribution in [0.4, 0.5) is 4.39 Å². The first kappa shape index (κ1) is 11.6. The average molecular weight is 221 g/mol.